The molecule has 5 rings (SSSR count). The van der Waals surface area contributed by atoms with E-state index in [0.717, 1.165) is 47.8 Å². The molecule has 1 aromatic carbocycles. The maximum absolute atomic E-state index is 12.9. The second kappa shape index (κ2) is 10.8. The van der Waals surface area contributed by atoms with Crippen LogP contribution in [-0.2, 0) is 18.2 Å². The predicted molar refractivity (Wildman–Crippen MR) is 151 cm³/mol. The second-order valence-corrected chi connectivity index (χ2v) is 11.4. The van der Waals surface area contributed by atoms with Crippen LogP contribution in [0.25, 0.3) is 15.9 Å². The van der Waals surface area contributed by atoms with Gasteiger partial charge in [-0.3, -0.25) is 9.69 Å². The van der Waals surface area contributed by atoms with Gasteiger partial charge in [-0.05, 0) is 44.4 Å². The van der Waals surface area contributed by atoms with Crippen LogP contribution in [-0.4, -0.2) is 63.0 Å². The third-order valence-electron chi connectivity index (χ3n) is 7.70. The van der Waals surface area contributed by atoms with Crippen molar-refractivity contribution in [3.63, 3.8) is 0 Å². The molecule has 4 aromatic rings. The lowest BCUT2D eigenvalue weighted by Crippen LogP contribution is -2.58. The van der Waals surface area contributed by atoms with E-state index in [1.807, 2.05) is 0 Å². The number of methoxy groups -OCH3 is 1. The molecular formula is C28H35N7O2S. The lowest BCUT2D eigenvalue weighted by molar-refractivity contribution is 0.0776. The van der Waals surface area contributed by atoms with Gasteiger partial charge in [0.1, 0.15) is 0 Å². The van der Waals surface area contributed by atoms with E-state index >= 15 is 0 Å². The fraction of sp³-hybridized carbons (Fsp3) is 0.500. The number of aryl methyl sites for hydroxylation is 2. The molecule has 3 atom stereocenters. The molecule has 0 radical (unpaired) electrons. The van der Waals surface area contributed by atoms with Crippen LogP contribution in [0.1, 0.15) is 49.0 Å². The Balaban J connectivity index is 1.51. The summed E-state index contributed by atoms with van der Waals surface area (Å²) in [6.07, 6.45) is 3.83. The van der Waals surface area contributed by atoms with Gasteiger partial charge in [0.15, 0.2) is 5.65 Å². The minimum Gasteiger partial charge on any atom is -0.385 e. The van der Waals surface area contributed by atoms with Crippen LogP contribution in [0, 0.1) is 18.3 Å². The van der Waals surface area contributed by atoms with Gasteiger partial charge >= 0.3 is 0 Å². The Kier molecular flexibility index (Phi) is 7.52. The van der Waals surface area contributed by atoms with Crippen molar-refractivity contribution >= 4 is 32.9 Å². The standard InChI is InChI=1S/C28H35N7O2S/c1-6-22-17-33(24(10-12-37-5)20-7-8-23-26(13-20)38-19(3)30-23)18(2)15-34(22)25-14-27(36)32(4)35-16-21(9-11-29)31-28(25)35/h7-8,13-14,16,18,22,24H,6,9-10,12,15,17H2,1-5H3/t18-,22+,24?/m1/s1. The molecule has 0 aliphatic carbocycles. The first-order valence-electron chi connectivity index (χ1n) is 13.2. The minimum absolute atomic E-state index is 0.0931. The van der Waals surface area contributed by atoms with E-state index in [9.17, 15) is 10.1 Å². The fourth-order valence-corrected chi connectivity index (χ4v) is 6.61. The largest absolute Gasteiger partial charge is 0.385 e. The molecule has 10 heteroatoms. The van der Waals surface area contributed by atoms with E-state index in [4.69, 9.17) is 9.72 Å². The molecule has 1 saturated heterocycles. The second-order valence-electron chi connectivity index (χ2n) is 10.1. The number of aromatic nitrogens is 4. The number of nitriles is 1. The number of hydrogen-bond donors (Lipinski definition) is 0. The molecule has 200 valence electrons. The summed E-state index contributed by atoms with van der Waals surface area (Å²) in [5.74, 6) is 0. The van der Waals surface area contributed by atoms with Gasteiger partial charge in [0.05, 0.1) is 45.3 Å². The highest BCUT2D eigenvalue weighted by molar-refractivity contribution is 7.18. The van der Waals surface area contributed by atoms with Crippen LogP contribution in [0.15, 0.2) is 35.3 Å². The highest BCUT2D eigenvalue weighted by Gasteiger charge is 2.36. The molecule has 1 aliphatic heterocycles. The SMILES string of the molecule is CC[C@H]1CN(C(CCOC)c2ccc3nc(C)sc3c2)[C@H](C)CN1c1cc(=O)n(C)n2cc(CC#N)nc12. The average molecular weight is 534 g/mol. The normalized spacial score (nSPS) is 19.3. The molecule has 0 saturated carbocycles. The Hall–Kier alpha value is -3.26. The lowest BCUT2D eigenvalue weighted by Gasteiger charge is -2.49. The number of thiazole rings is 1. The van der Waals surface area contributed by atoms with Gasteiger partial charge in [-0.25, -0.2) is 19.2 Å². The van der Waals surface area contributed by atoms with Gasteiger partial charge in [-0.2, -0.15) is 5.26 Å². The van der Waals surface area contributed by atoms with Crippen molar-refractivity contribution in [3.05, 3.63) is 57.1 Å². The molecule has 1 fully saturated rings. The van der Waals surface area contributed by atoms with Crippen LogP contribution in [0.2, 0.25) is 0 Å². The quantitative estimate of drug-likeness (QED) is 0.337. The highest BCUT2D eigenvalue weighted by atomic mass is 32.1. The number of rotatable bonds is 8. The van der Waals surface area contributed by atoms with Crippen LogP contribution in [0.5, 0.6) is 0 Å². The maximum atomic E-state index is 12.9. The highest BCUT2D eigenvalue weighted by Crippen LogP contribution is 2.35. The van der Waals surface area contributed by atoms with E-state index in [1.54, 1.807) is 47.0 Å². The zero-order valence-electron chi connectivity index (χ0n) is 22.7. The Bertz CT molecular complexity index is 1550. The van der Waals surface area contributed by atoms with Crippen LogP contribution in [0.4, 0.5) is 5.69 Å². The van der Waals surface area contributed by atoms with Crippen LogP contribution < -0.4 is 10.5 Å². The number of fused-ring (bicyclic) bond motifs is 2. The summed E-state index contributed by atoms with van der Waals surface area (Å²) in [6.45, 7) is 8.83. The summed E-state index contributed by atoms with van der Waals surface area (Å²) in [7, 11) is 3.49. The van der Waals surface area contributed by atoms with Gasteiger partial charge in [-0.15, -0.1) is 11.3 Å². The van der Waals surface area contributed by atoms with Crippen molar-refractivity contribution < 1.29 is 4.74 Å². The molecule has 0 N–H and O–H groups in total. The van der Waals surface area contributed by atoms with E-state index in [-0.39, 0.29) is 30.1 Å². The molecular weight excluding hydrogens is 498 g/mol. The molecule has 1 aliphatic rings. The summed E-state index contributed by atoms with van der Waals surface area (Å²) in [5.41, 5.74) is 4.48. The predicted octanol–water partition coefficient (Wildman–Crippen LogP) is 4.08. The van der Waals surface area contributed by atoms with Crippen molar-refractivity contribution in [1.29, 1.82) is 5.26 Å². The fourth-order valence-electron chi connectivity index (χ4n) is 5.74. The zero-order chi connectivity index (χ0) is 27.0. The zero-order valence-corrected chi connectivity index (χ0v) is 23.5. The number of ether oxygens (including phenoxy) is 1. The lowest BCUT2D eigenvalue weighted by atomic mass is 9.96. The summed E-state index contributed by atoms with van der Waals surface area (Å²) in [6, 6.07) is 11.2. The first-order chi connectivity index (χ1) is 18.3. The average Bonchev–Trinajstić information content (AvgIpc) is 3.49. The van der Waals surface area contributed by atoms with Gasteiger partial charge in [0, 0.05) is 58.0 Å². The Labute approximate surface area is 226 Å². The molecule has 1 unspecified atom stereocenters. The molecule has 3 aromatic heterocycles. The first kappa shape index (κ1) is 26.4. The van der Waals surface area contributed by atoms with Gasteiger partial charge in [0.25, 0.3) is 5.56 Å². The number of imidazole rings is 1. The van der Waals surface area contributed by atoms with E-state index < -0.39 is 0 Å². The number of nitrogens with zero attached hydrogens (tertiary/aromatic N) is 7. The number of anilines is 1. The van der Waals surface area contributed by atoms with Crippen molar-refractivity contribution in [1.82, 2.24) is 24.1 Å². The summed E-state index contributed by atoms with van der Waals surface area (Å²) >= 11 is 1.74. The number of piperazine rings is 1. The van der Waals surface area contributed by atoms with Gasteiger partial charge in [-0.1, -0.05) is 13.0 Å². The minimum atomic E-state index is -0.0931. The molecule has 0 bridgehead atoms. The topological polar surface area (TPSA) is 91.7 Å². The van der Waals surface area contributed by atoms with Crippen molar-refractivity contribution in [2.24, 2.45) is 7.05 Å². The third kappa shape index (κ3) is 4.82. The van der Waals surface area contributed by atoms with Crippen molar-refractivity contribution in [3.8, 4) is 6.07 Å². The Morgan fingerprint density at radius 2 is 2.08 bits per heavy atom. The smallest absolute Gasteiger partial charge is 0.267 e. The van der Waals surface area contributed by atoms with Crippen LogP contribution in [0.3, 0.4) is 0 Å². The Morgan fingerprint density at radius 1 is 1.26 bits per heavy atom. The monoisotopic (exact) mass is 533 g/mol. The Morgan fingerprint density at radius 3 is 2.82 bits per heavy atom. The number of hydrogen-bond acceptors (Lipinski definition) is 8. The molecule has 9 nitrogen and oxygen atoms in total. The van der Waals surface area contributed by atoms with Gasteiger partial charge in [0.2, 0.25) is 0 Å². The molecule has 0 amide bonds. The molecule has 0 spiro atoms. The van der Waals surface area contributed by atoms with E-state index in [2.05, 4.69) is 59.8 Å². The van der Waals surface area contributed by atoms with Crippen molar-refractivity contribution in [2.45, 2.75) is 58.2 Å². The summed E-state index contributed by atoms with van der Waals surface area (Å²) < 4.78 is 10.1. The first-order valence-corrected chi connectivity index (χ1v) is 14.0. The van der Waals surface area contributed by atoms with E-state index in [0.29, 0.717) is 12.3 Å². The van der Waals surface area contributed by atoms with E-state index in [1.165, 1.54) is 10.3 Å². The molecule has 4 heterocycles. The summed E-state index contributed by atoms with van der Waals surface area (Å²) in [4.78, 5) is 27.3. The maximum Gasteiger partial charge on any atom is 0.267 e. The van der Waals surface area contributed by atoms with Crippen molar-refractivity contribution in [2.75, 3.05) is 31.7 Å². The summed E-state index contributed by atoms with van der Waals surface area (Å²) in [5, 5.41) is 10.3. The van der Waals surface area contributed by atoms with Gasteiger partial charge < -0.3 is 9.64 Å². The molecule has 38 heavy (non-hydrogen) atoms. The number of benzene rings is 1. The third-order valence-corrected chi connectivity index (χ3v) is 8.63. The van der Waals surface area contributed by atoms with Crippen LogP contribution >= 0.6 is 11.3 Å².